The topological polar surface area (TPSA) is 17.1 Å². The fourth-order valence-electron chi connectivity index (χ4n) is 0.0351. The van der Waals surface area contributed by atoms with E-state index in [1.165, 1.54) is 6.08 Å². The standard InChI is InChI=1S/C3H4OSe/c4-2-1-3-5/h1-3,5H/b3-1-. The summed E-state index contributed by atoms with van der Waals surface area (Å²) in [5, 5.41) is 0. The molecule has 2 heteroatoms. The van der Waals surface area contributed by atoms with Crippen molar-refractivity contribution in [1.82, 2.24) is 0 Å². The van der Waals surface area contributed by atoms with Crippen LogP contribution in [-0.2, 0) is 4.79 Å². The molecular weight excluding hydrogens is 131 g/mol. The van der Waals surface area contributed by atoms with Gasteiger partial charge in [-0.2, -0.15) is 0 Å². The molecule has 0 amide bonds. The molecule has 5 heavy (non-hydrogen) atoms. The maximum absolute atomic E-state index is 9.31. The summed E-state index contributed by atoms with van der Waals surface area (Å²) < 4.78 is 0. The normalized spacial score (nSPS) is 9.00. The van der Waals surface area contributed by atoms with Crippen molar-refractivity contribution in [2.75, 3.05) is 0 Å². The summed E-state index contributed by atoms with van der Waals surface area (Å²) in [6.07, 6.45) is 2.15. The van der Waals surface area contributed by atoms with Gasteiger partial charge in [-0.05, 0) is 0 Å². The number of allylic oxidation sites excluding steroid dienone is 1. The Morgan fingerprint density at radius 3 is 2.20 bits per heavy atom. The Morgan fingerprint density at radius 2 is 2.20 bits per heavy atom. The van der Waals surface area contributed by atoms with E-state index in [2.05, 4.69) is 16.0 Å². The van der Waals surface area contributed by atoms with Crippen LogP contribution < -0.4 is 0 Å². The third-order valence-corrected chi connectivity index (χ3v) is 0.526. The van der Waals surface area contributed by atoms with E-state index in [-0.39, 0.29) is 0 Å². The van der Waals surface area contributed by atoms with Gasteiger partial charge < -0.3 is 0 Å². The molecule has 0 saturated heterocycles. The van der Waals surface area contributed by atoms with E-state index < -0.39 is 0 Å². The molecule has 0 aliphatic heterocycles. The second-order valence-electron chi connectivity index (χ2n) is 0.478. The van der Waals surface area contributed by atoms with E-state index in [1.807, 2.05) is 0 Å². The van der Waals surface area contributed by atoms with E-state index >= 15 is 0 Å². The molecule has 0 fully saturated rings. The van der Waals surface area contributed by atoms with E-state index in [0.29, 0.717) is 0 Å². The van der Waals surface area contributed by atoms with Gasteiger partial charge in [-0.1, -0.05) is 0 Å². The van der Waals surface area contributed by atoms with Crippen LogP contribution in [0.15, 0.2) is 11.1 Å². The summed E-state index contributed by atoms with van der Waals surface area (Å²) >= 11 is 2.17. The van der Waals surface area contributed by atoms with Crippen molar-refractivity contribution in [2.45, 2.75) is 0 Å². The average Bonchev–Trinajstić information content (AvgIpc) is 1.41. The molecule has 28 valence electrons. The Labute approximate surface area is 38.9 Å². The maximum atomic E-state index is 9.31. The van der Waals surface area contributed by atoms with Crippen molar-refractivity contribution in [3.8, 4) is 0 Å². The van der Waals surface area contributed by atoms with E-state index in [1.54, 1.807) is 4.97 Å². The minimum absolute atomic E-state index is 0.734. The number of carbonyl (C=O) groups excluding carboxylic acids is 1. The van der Waals surface area contributed by atoms with Crippen LogP contribution in [0, 0.1) is 0 Å². The molecule has 0 aromatic carbocycles. The Hall–Kier alpha value is -0.0705. The molecular formula is C3H4OSe. The van der Waals surface area contributed by atoms with E-state index in [0.717, 1.165) is 6.29 Å². The van der Waals surface area contributed by atoms with Crippen LogP contribution >= 0.6 is 0 Å². The SMILES string of the molecule is O=C/C=C\[SeH]. The van der Waals surface area contributed by atoms with Crippen molar-refractivity contribution in [2.24, 2.45) is 0 Å². The summed E-state index contributed by atoms with van der Waals surface area (Å²) in [5.74, 6) is 0. The van der Waals surface area contributed by atoms with Gasteiger partial charge in [0.05, 0.1) is 0 Å². The van der Waals surface area contributed by atoms with Crippen LogP contribution in [0.4, 0.5) is 0 Å². The fourth-order valence-corrected chi connectivity index (χ4v) is 0.183. The molecule has 0 spiro atoms. The van der Waals surface area contributed by atoms with Crippen LogP contribution in [0.1, 0.15) is 0 Å². The monoisotopic (exact) mass is 136 g/mol. The Bertz CT molecular complexity index is 48.9. The van der Waals surface area contributed by atoms with Crippen LogP contribution in [-0.4, -0.2) is 22.3 Å². The molecule has 0 aliphatic rings. The van der Waals surface area contributed by atoms with Crippen LogP contribution in [0.2, 0.25) is 0 Å². The zero-order valence-electron chi connectivity index (χ0n) is 2.59. The first-order valence-electron chi connectivity index (χ1n) is 1.16. The molecule has 0 aliphatic carbocycles. The molecule has 0 N–H and O–H groups in total. The molecule has 0 saturated carbocycles. The zero-order chi connectivity index (χ0) is 4.12. The number of carbonyl (C=O) groups is 1. The van der Waals surface area contributed by atoms with E-state index in [9.17, 15) is 4.79 Å². The number of aldehydes is 1. The van der Waals surface area contributed by atoms with Gasteiger partial charge in [0.15, 0.2) is 0 Å². The first kappa shape index (κ1) is 4.93. The molecule has 1 nitrogen and oxygen atoms in total. The molecule has 0 aromatic rings. The predicted molar refractivity (Wildman–Crippen MR) is 22.4 cm³/mol. The van der Waals surface area contributed by atoms with Gasteiger partial charge in [0.25, 0.3) is 0 Å². The zero-order valence-corrected chi connectivity index (χ0v) is 4.46. The van der Waals surface area contributed by atoms with Crippen molar-refractivity contribution in [3.05, 3.63) is 11.1 Å². The summed E-state index contributed by atoms with van der Waals surface area (Å²) in [5.41, 5.74) is 0. The first-order chi connectivity index (χ1) is 2.41. The molecule has 0 unspecified atom stereocenters. The third kappa shape index (κ3) is 3.93. The second-order valence-corrected chi connectivity index (χ2v) is 1.10. The molecule has 0 aromatic heterocycles. The third-order valence-electron chi connectivity index (χ3n) is 0.165. The Morgan fingerprint density at radius 1 is 1.60 bits per heavy atom. The van der Waals surface area contributed by atoms with Crippen LogP contribution in [0.3, 0.4) is 0 Å². The van der Waals surface area contributed by atoms with Gasteiger partial charge in [-0.3, -0.25) is 0 Å². The Kier molecular flexibility index (Phi) is 3.87. The van der Waals surface area contributed by atoms with Crippen molar-refractivity contribution in [3.63, 3.8) is 0 Å². The molecule has 0 atom stereocenters. The number of rotatable bonds is 1. The van der Waals surface area contributed by atoms with Crippen molar-refractivity contribution in [1.29, 1.82) is 0 Å². The quantitative estimate of drug-likeness (QED) is 0.271. The molecule has 0 rings (SSSR count). The van der Waals surface area contributed by atoms with Gasteiger partial charge in [0.1, 0.15) is 0 Å². The minimum atomic E-state index is 0.734. The van der Waals surface area contributed by atoms with Gasteiger partial charge >= 0.3 is 38.1 Å². The van der Waals surface area contributed by atoms with Gasteiger partial charge in [-0.15, -0.1) is 0 Å². The molecule has 0 bridgehead atoms. The molecule has 0 heterocycles. The predicted octanol–water partition coefficient (Wildman–Crippen LogP) is -0.400. The van der Waals surface area contributed by atoms with Crippen molar-refractivity contribution < 1.29 is 4.79 Å². The average molecular weight is 135 g/mol. The van der Waals surface area contributed by atoms with E-state index in [4.69, 9.17) is 0 Å². The Balaban J connectivity index is 2.92. The summed E-state index contributed by atoms with van der Waals surface area (Å²) in [6, 6.07) is 0. The van der Waals surface area contributed by atoms with Crippen molar-refractivity contribution >= 4 is 22.3 Å². The molecule has 0 radical (unpaired) electrons. The second kappa shape index (κ2) is 3.93. The summed E-state index contributed by atoms with van der Waals surface area (Å²) in [4.78, 5) is 10.9. The van der Waals surface area contributed by atoms with Crippen LogP contribution in [0.5, 0.6) is 0 Å². The fraction of sp³-hybridized carbons (Fsp3) is 0. The first-order valence-corrected chi connectivity index (χ1v) is 2.24. The van der Waals surface area contributed by atoms with Gasteiger partial charge in [0.2, 0.25) is 0 Å². The van der Waals surface area contributed by atoms with Gasteiger partial charge in [0, 0.05) is 0 Å². The number of hydrogen-bond acceptors (Lipinski definition) is 1. The summed E-state index contributed by atoms with van der Waals surface area (Å²) in [6.45, 7) is 0. The van der Waals surface area contributed by atoms with Crippen LogP contribution in [0.25, 0.3) is 0 Å². The van der Waals surface area contributed by atoms with Gasteiger partial charge in [-0.25, -0.2) is 0 Å². The number of hydrogen-bond donors (Lipinski definition) is 0. The summed E-state index contributed by atoms with van der Waals surface area (Å²) in [7, 11) is 0.